The monoisotopic (exact) mass is 202 g/mol. The van der Waals surface area contributed by atoms with Gasteiger partial charge in [-0.05, 0) is 6.42 Å². The standard InChI is InChI=1S/C11H22O3/c1-3-4-5-6-7-8-9-10(14-2)11(12)13/h10H,3-9H2,1-2H3,(H,12,13). The summed E-state index contributed by atoms with van der Waals surface area (Å²) in [4.78, 5) is 10.6. The summed E-state index contributed by atoms with van der Waals surface area (Å²) in [5.74, 6) is -0.846. The molecule has 0 bridgehead atoms. The third-order valence-corrected chi connectivity index (χ3v) is 2.38. The number of hydrogen-bond donors (Lipinski definition) is 1. The molecule has 0 fully saturated rings. The number of rotatable bonds is 9. The molecule has 0 aromatic heterocycles. The van der Waals surface area contributed by atoms with E-state index in [9.17, 15) is 4.79 Å². The highest BCUT2D eigenvalue weighted by atomic mass is 16.5. The van der Waals surface area contributed by atoms with E-state index in [4.69, 9.17) is 9.84 Å². The lowest BCUT2D eigenvalue weighted by Crippen LogP contribution is -2.21. The second-order valence-electron chi connectivity index (χ2n) is 3.62. The average Bonchev–Trinajstić information content (AvgIpc) is 2.16. The first-order chi connectivity index (χ1) is 6.72. The van der Waals surface area contributed by atoms with E-state index < -0.39 is 12.1 Å². The zero-order chi connectivity index (χ0) is 10.8. The van der Waals surface area contributed by atoms with E-state index in [2.05, 4.69) is 6.92 Å². The number of ether oxygens (including phenoxy) is 1. The molecule has 0 aliphatic carbocycles. The molecule has 0 spiro atoms. The van der Waals surface area contributed by atoms with Crippen LogP contribution >= 0.6 is 0 Å². The normalized spacial score (nSPS) is 12.7. The second kappa shape index (κ2) is 9.00. The van der Waals surface area contributed by atoms with Gasteiger partial charge in [0.2, 0.25) is 0 Å². The molecule has 0 aromatic carbocycles. The predicted octanol–water partition coefficient (Wildman–Crippen LogP) is 2.84. The van der Waals surface area contributed by atoms with Gasteiger partial charge in [-0.25, -0.2) is 4.79 Å². The van der Waals surface area contributed by atoms with Crippen LogP contribution in [0.4, 0.5) is 0 Å². The summed E-state index contributed by atoms with van der Waals surface area (Å²) < 4.78 is 4.84. The minimum absolute atomic E-state index is 0.610. The Morgan fingerprint density at radius 2 is 1.79 bits per heavy atom. The van der Waals surface area contributed by atoms with Crippen molar-refractivity contribution in [3.05, 3.63) is 0 Å². The zero-order valence-corrected chi connectivity index (χ0v) is 9.29. The fourth-order valence-electron chi connectivity index (χ4n) is 1.45. The first kappa shape index (κ1) is 13.4. The number of carboxylic acids is 1. The van der Waals surface area contributed by atoms with Crippen LogP contribution < -0.4 is 0 Å². The summed E-state index contributed by atoms with van der Waals surface area (Å²) in [7, 11) is 1.45. The van der Waals surface area contributed by atoms with E-state index in [1.807, 2.05) is 0 Å². The van der Waals surface area contributed by atoms with E-state index >= 15 is 0 Å². The third kappa shape index (κ3) is 6.89. The first-order valence-corrected chi connectivity index (χ1v) is 5.48. The second-order valence-corrected chi connectivity index (χ2v) is 3.62. The fraction of sp³-hybridized carbons (Fsp3) is 0.909. The van der Waals surface area contributed by atoms with Gasteiger partial charge in [-0.3, -0.25) is 0 Å². The van der Waals surface area contributed by atoms with E-state index in [0.717, 1.165) is 12.8 Å². The Hall–Kier alpha value is -0.570. The molecule has 0 rings (SSSR count). The first-order valence-electron chi connectivity index (χ1n) is 5.48. The summed E-state index contributed by atoms with van der Waals surface area (Å²) in [5, 5.41) is 8.69. The van der Waals surface area contributed by atoms with Crippen LogP contribution in [-0.2, 0) is 9.53 Å². The van der Waals surface area contributed by atoms with Crippen LogP contribution in [0.5, 0.6) is 0 Å². The van der Waals surface area contributed by atoms with Crippen LogP contribution in [0.1, 0.15) is 51.9 Å². The molecule has 0 radical (unpaired) electrons. The van der Waals surface area contributed by atoms with Gasteiger partial charge in [0.05, 0.1) is 0 Å². The molecule has 0 saturated heterocycles. The third-order valence-electron chi connectivity index (χ3n) is 2.38. The van der Waals surface area contributed by atoms with Crippen molar-refractivity contribution in [3.8, 4) is 0 Å². The highest BCUT2D eigenvalue weighted by molar-refractivity contribution is 5.72. The molecule has 84 valence electrons. The SMILES string of the molecule is CCCCCCCCC(OC)C(=O)O. The van der Waals surface area contributed by atoms with Crippen molar-refractivity contribution in [1.29, 1.82) is 0 Å². The lowest BCUT2D eigenvalue weighted by Gasteiger charge is -2.09. The van der Waals surface area contributed by atoms with Gasteiger partial charge in [-0.1, -0.05) is 45.4 Å². The number of unbranched alkanes of at least 4 members (excludes halogenated alkanes) is 5. The van der Waals surface area contributed by atoms with Crippen LogP contribution in [-0.4, -0.2) is 24.3 Å². The minimum atomic E-state index is -0.846. The Labute approximate surface area is 86.5 Å². The number of carbonyl (C=O) groups is 1. The number of hydrogen-bond acceptors (Lipinski definition) is 2. The summed E-state index contributed by atoms with van der Waals surface area (Å²) in [6.45, 7) is 2.19. The Balaban J connectivity index is 3.29. The van der Waals surface area contributed by atoms with Gasteiger partial charge < -0.3 is 9.84 Å². The molecule has 0 aliphatic heterocycles. The highest BCUT2D eigenvalue weighted by Gasteiger charge is 2.14. The molecule has 0 heterocycles. The summed E-state index contributed by atoms with van der Waals surface area (Å²) in [6, 6.07) is 0. The molecule has 0 aliphatic rings. The highest BCUT2D eigenvalue weighted by Crippen LogP contribution is 2.10. The largest absolute Gasteiger partial charge is 0.479 e. The van der Waals surface area contributed by atoms with Crippen molar-refractivity contribution < 1.29 is 14.6 Å². The van der Waals surface area contributed by atoms with Crippen LogP contribution in [0.2, 0.25) is 0 Å². The van der Waals surface area contributed by atoms with Gasteiger partial charge in [0.25, 0.3) is 0 Å². The van der Waals surface area contributed by atoms with Crippen molar-refractivity contribution in [2.24, 2.45) is 0 Å². The summed E-state index contributed by atoms with van der Waals surface area (Å²) in [5.41, 5.74) is 0. The Morgan fingerprint density at radius 1 is 1.21 bits per heavy atom. The number of aliphatic carboxylic acids is 1. The topological polar surface area (TPSA) is 46.5 Å². The molecular weight excluding hydrogens is 180 g/mol. The fourth-order valence-corrected chi connectivity index (χ4v) is 1.45. The zero-order valence-electron chi connectivity index (χ0n) is 9.29. The van der Waals surface area contributed by atoms with Crippen molar-refractivity contribution >= 4 is 5.97 Å². The maximum atomic E-state index is 10.6. The molecule has 1 atom stereocenters. The molecule has 0 saturated carbocycles. The lowest BCUT2D eigenvalue weighted by atomic mass is 10.1. The van der Waals surface area contributed by atoms with E-state index in [1.165, 1.54) is 32.8 Å². The van der Waals surface area contributed by atoms with Crippen molar-refractivity contribution in [2.45, 2.75) is 58.0 Å². The molecule has 14 heavy (non-hydrogen) atoms. The molecule has 1 N–H and O–H groups in total. The van der Waals surface area contributed by atoms with Crippen molar-refractivity contribution in [1.82, 2.24) is 0 Å². The quantitative estimate of drug-likeness (QED) is 0.585. The van der Waals surface area contributed by atoms with Crippen LogP contribution in [0.15, 0.2) is 0 Å². The summed E-state index contributed by atoms with van der Waals surface area (Å²) >= 11 is 0. The maximum absolute atomic E-state index is 10.6. The Morgan fingerprint density at radius 3 is 2.29 bits per heavy atom. The van der Waals surface area contributed by atoms with Gasteiger partial charge in [0, 0.05) is 7.11 Å². The molecule has 3 nitrogen and oxygen atoms in total. The predicted molar refractivity (Wildman–Crippen MR) is 56.4 cm³/mol. The minimum Gasteiger partial charge on any atom is -0.479 e. The van der Waals surface area contributed by atoms with E-state index in [1.54, 1.807) is 0 Å². The van der Waals surface area contributed by atoms with E-state index in [0.29, 0.717) is 6.42 Å². The smallest absolute Gasteiger partial charge is 0.332 e. The molecule has 1 unspecified atom stereocenters. The molecule has 0 amide bonds. The van der Waals surface area contributed by atoms with Gasteiger partial charge in [-0.15, -0.1) is 0 Å². The molecule has 3 heteroatoms. The summed E-state index contributed by atoms with van der Waals surface area (Å²) in [6.07, 6.45) is 7.11. The Bertz CT molecular complexity index is 145. The molecule has 0 aromatic rings. The van der Waals surface area contributed by atoms with Crippen LogP contribution in [0.25, 0.3) is 0 Å². The average molecular weight is 202 g/mol. The maximum Gasteiger partial charge on any atom is 0.332 e. The molecular formula is C11H22O3. The van der Waals surface area contributed by atoms with Crippen molar-refractivity contribution in [2.75, 3.05) is 7.11 Å². The van der Waals surface area contributed by atoms with Gasteiger partial charge in [-0.2, -0.15) is 0 Å². The van der Waals surface area contributed by atoms with Gasteiger partial charge in [0.15, 0.2) is 6.10 Å². The number of methoxy groups -OCH3 is 1. The van der Waals surface area contributed by atoms with Gasteiger partial charge >= 0.3 is 5.97 Å². The lowest BCUT2D eigenvalue weighted by molar-refractivity contribution is -0.148. The Kier molecular flexibility index (Phi) is 8.64. The van der Waals surface area contributed by atoms with Crippen molar-refractivity contribution in [3.63, 3.8) is 0 Å². The van der Waals surface area contributed by atoms with Gasteiger partial charge in [0.1, 0.15) is 0 Å². The van der Waals surface area contributed by atoms with Crippen LogP contribution in [0.3, 0.4) is 0 Å². The number of carboxylic acid groups (broad SMARTS) is 1. The van der Waals surface area contributed by atoms with Crippen LogP contribution in [0, 0.1) is 0 Å². The van der Waals surface area contributed by atoms with E-state index in [-0.39, 0.29) is 0 Å².